The fourth-order valence-electron chi connectivity index (χ4n) is 2.69. The molecule has 2 rings (SSSR count). The molecular weight excluding hydrogens is 264 g/mol. The summed E-state index contributed by atoms with van der Waals surface area (Å²) in [5, 5.41) is 12.4. The van der Waals surface area contributed by atoms with Gasteiger partial charge in [0, 0.05) is 12.0 Å². The Balaban J connectivity index is 2.09. The van der Waals surface area contributed by atoms with Crippen LogP contribution >= 0.6 is 0 Å². The van der Waals surface area contributed by atoms with Gasteiger partial charge in [0.05, 0.1) is 6.61 Å². The van der Waals surface area contributed by atoms with Crippen LogP contribution in [-0.4, -0.2) is 42.2 Å². The maximum atomic E-state index is 12.7. The lowest BCUT2D eigenvalue weighted by Crippen LogP contribution is -2.42. The summed E-state index contributed by atoms with van der Waals surface area (Å²) in [7, 11) is 0. The Morgan fingerprint density at radius 2 is 1.90 bits per heavy atom. The molecule has 1 saturated carbocycles. The molecule has 1 aromatic carbocycles. The van der Waals surface area contributed by atoms with Gasteiger partial charge in [-0.25, -0.2) is 0 Å². The summed E-state index contributed by atoms with van der Waals surface area (Å²) in [6, 6.07) is 9.65. The van der Waals surface area contributed by atoms with E-state index in [0.29, 0.717) is 6.54 Å². The van der Waals surface area contributed by atoms with Crippen LogP contribution in [-0.2, 0) is 4.79 Å². The molecule has 4 nitrogen and oxygen atoms in total. The quantitative estimate of drug-likeness (QED) is 0.769. The van der Waals surface area contributed by atoms with Crippen LogP contribution in [0.3, 0.4) is 0 Å². The molecular formula is C17H26N2O2. The van der Waals surface area contributed by atoms with Gasteiger partial charge in [-0.3, -0.25) is 9.69 Å². The number of aliphatic hydroxyl groups is 1. The molecule has 0 aromatic heterocycles. The largest absolute Gasteiger partial charge is 0.396 e. The lowest BCUT2D eigenvalue weighted by Gasteiger charge is -2.29. The Kier molecular flexibility index (Phi) is 5.37. The maximum absolute atomic E-state index is 12.7. The Hall–Kier alpha value is -1.39. The highest BCUT2D eigenvalue weighted by Gasteiger charge is 2.42. The zero-order valence-corrected chi connectivity index (χ0v) is 13.0. The average molecular weight is 290 g/mol. The molecule has 2 N–H and O–H groups in total. The summed E-state index contributed by atoms with van der Waals surface area (Å²) < 4.78 is 0. The maximum Gasteiger partial charge on any atom is 0.241 e. The lowest BCUT2D eigenvalue weighted by atomic mass is 10.0. The van der Waals surface area contributed by atoms with Crippen molar-refractivity contribution in [1.82, 2.24) is 10.2 Å². The summed E-state index contributed by atoms with van der Waals surface area (Å²) in [4.78, 5) is 14.8. The van der Waals surface area contributed by atoms with Crippen LogP contribution in [0.25, 0.3) is 0 Å². The Morgan fingerprint density at radius 1 is 1.29 bits per heavy atom. The van der Waals surface area contributed by atoms with E-state index in [2.05, 4.69) is 24.1 Å². The minimum atomic E-state index is -0.254. The molecule has 1 aliphatic carbocycles. The molecule has 21 heavy (non-hydrogen) atoms. The third-order valence-electron chi connectivity index (χ3n) is 4.47. The zero-order chi connectivity index (χ0) is 15.3. The molecule has 0 heterocycles. The minimum Gasteiger partial charge on any atom is -0.396 e. The monoisotopic (exact) mass is 290 g/mol. The van der Waals surface area contributed by atoms with Crippen molar-refractivity contribution in [2.24, 2.45) is 5.41 Å². The minimum absolute atomic E-state index is 0.0321. The molecule has 1 aliphatic rings. The topological polar surface area (TPSA) is 52.6 Å². The van der Waals surface area contributed by atoms with Crippen molar-refractivity contribution in [3.8, 4) is 0 Å². The van der Waals surface area contributed by atoms with Crippen LogP contribution in [0.15, 0.2) is 30.3 Å². The van der Waals surface area contributed by atoms with Gasteiger partial charge in [0.25, 0.3) is 0 Å². The fourth-order valence-corrected chi connectivity index (χ4v) is 2.69. The van der Waals surface area contributed by atoms with E-state index in [9.17, 15) is 9.90 Å². The van der Waals surface area contributed by atoms with Gasteiger partial charge in [-0.15, -0.1) is 0 Å². The van der Waals surface area contributed by atoms with Crippen molar-refractivity contribution in [2.45, 2.75) is 32.7 Å². The molecule has 0 saturated heterocycles. The smallest absolute Gasteiger partial charge is 0.241 e. The van der Waals surface area contributed by atoms with Crippen molar-refractivity contribution in [3.05, 3.63) is 35.9 Å². The first-order valence-electron chi connectivity index (χ1n) is 7.83. The summed E-state index contributed by atoms with van der Waals surface area (Å²) in [6.07, 6.45) is 2.01. The first kappa shape index (κ1) is 16.0. The number of benzene rings is 1. The number of hydrogen-bond donors (Lipinski definition) is 2. The number of carbonyl (C=O) groups excluding carboxylic acids is 1. The summed E-state index contributed by atoms with van der Waals surface area (Å²) in [6.45, 7) is 6.54. The molecule has 0 bridgehead atoms. The predicted molar refractivity (Wildman–Crippen MR) is 83.9 cm³/mol. The van der Waals surface area contributed by atoms with Gasteiger partial charge in [0.15, 0.2) is 0 Å². The fraction of sp³-hybridized carbons (Fsp3) is 0.588. The molecule has 1 aromatic rings. The summed E-state index contributed by atoms with van der Waals surface area (Å²) in [5.41, 5.74) is 0.965. The highest BCUT2D eigenvalue weighted by atomic mass is 16.3. The van der Waals surface area contributed by atoms with E-state index < -0.39 is 0 Å². The van der Waals surface area contributed by atoms with Crippen LogP contribution < -0.4 is 5.32 Å². The Morgan fingerprint density at radius 3 is 2.38 bits per heavy atom. The van der Waals surface area contributed by atoms with Gasteiger partial charge in [-0.1, -0.05) is 44.2 Å². The van der Waals surface area contributed by atoms with Crippen molar-refractivity contribution in [1.29, 1.82) is 0 Å². The number of nitrogens with zero attached hydrogens (tertiary/aromatic N) is 1. The van der Waals surface area contributed by atoms with Crippen LogP contribution in [0.2, 0.25) is 0 Å². The Bertz CT molecular complexity index is 453. The molecule has 0 spiro atoms. The van der Waals surface area contributed by atoms with Crippen molar-refractivity contribution in [3.63, 3.8) is 0 Å². The number of likely N-dealkylation sites (N-methyl/N-ethyl adjacent to an activating group) is 1. The van der Waals surface area contributed by atoms with E-state index in [0.717, 1.165) is 31.5 Å². The summed E-state index contributed by atoms with van der Waals surface area (Å²) >= 11 is 0. The molecule has 1 fully saturated rings. The molecule has 0 aliphatic heterocycles. The second kappa shape index (κ2) is 7.05. The normalized spacial score (nSPS) is 17.5. The van der Waals surface area contributed by atoms with Gasteiger partial charge in [0.2, 0.25) is 5.91 Å². The van der Waals surface area contributed by atoms with Gasteiger partial charge < -0.3 is 10.4 Å². The van der Waals surface area contributed by atoms with Crippen LogP contribution in [0.5, 0.6) is 0 Å². The second-order valence-corrected chi connectivity index (χ2v) is 5.91. The van der Waals surface area contributed by atoms with E-state index in [-0.39, 0.29) is 24.0 Å². The lowest BCUT2D eigenvalue weighted by molar-refractivity contribution is -0.127. The molecule has 4 heteroatoms. The van der Waals surface area contributed by atoms with E-state index in [1.54, 1.807) is 0 Å². The van der Waals surface area contributed by atoms with Crippen LogP contribution in [0.4, 0.5) is 0 Å². The van der Waals surface area contributed by atoms with Crippen LogP contribution in [0.1, 0.15) is 38.3 Å². The molecule has 0 radical (unpaired) electrons. The highest BCUT2D eigenvalue weighted by Crippen LogP contribution is 2.44. The van der Waals surface area contributed by atoms with E-state index in [4.69, 9.17) is 0 Å². The van der Waals surface area contributed by atoms with E-state index in [1.165, 1.54) is 0 Å². The summed E-state index contributed by atoms with van der Waals surface area (Å²) in [5.74, 6) is 0.0321. The first-order valence-corrected chi connectivity index (χ1v) is 7.83. The molecule has 1 unspecified atom stereocenters. The Labute approximate surface area is 127 Å². The third-order valence-corrected chi connectivity index (χ3v) is 4.47. The number of nitrogens with one attached hydrogen (secondary N) is 1. The second-order valence-electron chi connectivity index (χ2n) is 5.91. The van der Waals surface area contributed by atoms with Gasteiger partial charge >= 0.3 is 0 Å². The van der Waals surface area contributed by atoms with E-state index >= 15 is 0 Å². The van der Waals surface area contributed by atoms with Crippen molar-refractivity contribution >= 4 is 5.91 Å². The van der Waals surface area contributed by atoms with Crippen molar-refractivity contribution < 1.29 is 9.90 Å². The molecule has 1 atom stereocenters. The van der Waals surface area contributed by atoms with Crippen LogP contribution in [0, 0.1) is 5.41 Å². The number of carbonyl (C=O) groups is 1. The standard InChI is InChI=1S/C17H26N2O2/c1-3-19(4-2)15(14-8-6-5-7-9-14)16(21)18-12-17(13-20)10-11-17/h5-9,15,20H,3-4,10-13H2,1-2H3,(H,18,21). The van der Waals surface area contributed by atoms with E-state index in [1.807, 2.05) is 30.3 Å². The number of amides is 1. The SMILES string of the molecule is CCN(CC)C(C(=O)NCC1(CO)CC1)c1ccccc1. The highest BCUT2D eigenvalue weighted by molar-refractivity contribution is 5.83. The zero-order valence-electron chi connectivity index (χ0n) is 13.0. The number of hydrogen-bond acceptors (Lipinski definition) is 3. The average Bonchev–Trinajstić information content (AvgIpc) is 3.31. The number of aliphatic hydroxyl groups excluding tert-OH is 1. The number of rotatable bonds is 8. The van der Waals surface area contributed by atoms with Gasteiger partial charge in [-0.2, -0.15) is 0 Å². The van der Waals surface area contributed by atoms with Crippen molar-refractivity contribution in [2.75, 3.05) is 26.2 Å². The molecule has 1 amide bonds. The van der Waals surface area contributed by atoms with Gasteiger partial charge in [-0.05, 0) is 31.5 Å². The first-order chi connectivity index (χ1) is 10.2. The predicted octanol–water partition coefficient (Wildman–Crippen LogP) is 1.96. The third kappa shape index (κ3) is 3.83. The molecule has 116 valence electrons. The van der Waals surface area contributed by atoms with Gasteiger partial charge in [0.1, 0.15) is 6.04 Å².